The molecule has 7 heteroatoms. The summed E-state index contributed by atoms with van der Waals surface area (Å²) in [6.07, 6.45) is 4.45. The fraction of sp³-hybridized carbons (Fsp3) is 0.529. The van der Waals surface area contributed by atoms with E-state index in [0.717, 1.165) is 19.3 Å². The molecule has 0 saturated heterocycles. The van der Waals surface area contributed by atoms with E-state index < -0.39 is 10.0 Å². The van der Waals surface area contributed by atoms with Crippen LogP contribution in [0.15, 0.2) is 29.2 Å². The van der Waals surface area contributed by atoms with Gasteiger partial charge in [0.15, 0.2) is 0 Å². The number of benzene rings is 1. The highest BCUT2D eigenvalue weighted by Gasteiger charge is 2.24. The fourth-order valence-electron chi connectivity index (χ4n) is 2.91. The van der Waals surface area contributed by atoms with Gasteiger partial charge in [-0.2, -0.15) is 5.26 Å². The number of nitrogens with zero attached hydrogens (tertiary/aromatic N) is 1. The lowest BCUT2D eigenvalue weighted by molar-refractivity contribution is 0.0910. The summed E-state index contributed by atoms with van der Waals surface area (Å²) >= 11 is 0. The Morgan fingerprint density at radius 2 is 2.08 bits per heavy atom. The van der Waals surface area contributed by atoms with Crippen molar-refractivity contribution in [2.45, 2.75) is 50.0 Å². The molecule has 1 aliphatic rings. The van der Waals surface area contributed by atoms with Crippen molar-refractivity contribution in [3.8, 4) is 6.07 Å². The molecule has 2 atom stereocenters. The summed E-state index contributed by atoms with van der Waals surface area (Å²) in [5.41, 5.74) is 0.330. The molecule has 24 heavy (non-hydrogen) atoms. The van der Waals surface area contributed by atoms with Gasteiger partial charge in [0.1, 0.15) is 0 Å². The minimum atomic E-state index is -3.71. The van der Waals surface area contributed by atoms with Crippen LogP contribution in [-0.4, -0.2) is 26.9 Å². The zero-order valence-corrected chi connectivity index (χ0v) is 14.6. The van der Waals surface area contributed by atoms with Crippen LogP contribution in [0.25, 0.3) is 0 Å². The maximum Gasteiger partial charge on any atom is 0.251 e. The van der Waals surface area contributed by atoms with Gasteiger partial charge < -0.3 is 5.32 Å². The predicted octanol–water partition coefficient (Wildman–Crippen LogP) is 2.19. The Bertz CT molecular complexity index is 725. The SMILES string of the molecule is C[C@H]1CCCC[C@H]1NC(=O)c1cccc(S(=O)(=O)NCCC#N)c1. The number of nitriles is 1. The second kappa shape index (κ2) is 8.27. The maximum atomic E-state index is 12.4. The van der Waals surface area contributed by atoms with Crippen LogP contribution < -0.4 is 10.0 Å². The highest BCUT2D eigenvalue weighted by atomic mass is 32.2. The van der Waals surface area contributed by atoms with Crippen LogP contribution in [0, 0.1) is 17.2 Å². The van der Waals surface area contributed by atoms with E-state index in [1.165, 1.54) is 18.6 Å². The molecular formula is C17H23N3O3S. The van der Waals surface area contributed by atoms with Crippen LogP contribution in [0.4, 0.5) is 0 Å². The molecule has 130 valence electrons. The molecular weight excluding hydrogens is 326 g/mol. The van der Waals surface area contributed by atoms with Crippen LogP contribution in [0.3, 0.4) is 0 Å². The van der Waals surface area contributed by atoms with Crippen molar-refractivity contribution in [1.29, 1.82) is 5.26 Å². The molecule has 0 unspecified atom stereocenters. The topological polar surface area (TPSA) is 99.1 Å². The van der Waals surface area contributed by atoms with Gasteiger partial charge in [-0.05, 0) is 37.0 Å². The molecule has 2 N–H and O–H groups in total. The smallest absolute Gasteiger partial charge is 0.251 e. The van der Waals surface area contributed by atoms with Crippen LogP contribution in [0.1, 0.15) is 49.4 Å². The number of amides is 1. The Hall–Kier alpha value is -1.91. The minimum Gasteiger partial charge on any atom is -0.349 e. The molecule has 1 aliphatic carbocycles. The average molecular weight is 349 g/mol. The number of nitrogens with one attached hydrogen (secondary N) is 2. The molecule has 6 nitrogen and oxygen atoms in total. The van der Waals surface area contributed by atoms with Gasteiger partial charge in [-0.15, -0.1) is 0 Å². The van der Waals surface area contributed by atoms with Crippen LogP contribution in [-0.2, 0) is 10.0 Å². The number of rotatable bonds is 6. The molecule has 0 spiro atoms. The Morgan fingerprint density at radius 3 is 2.79 bits per heavy atom. The van der Waals surface area contributed by atoms with E-state index >= 15 is 0 Å². The van der Waals surface area contributed by atoms with Crippen LogP contribution >= 0.6 is 0 Å². The first-order chi connectivity index (χ1) is 11.4. The summed E-state index contributed by atoms with van der Waals surface area (Å²) < 4.78 is 26.7. The molecule has 0 aromatic heterocycles. The zero-order valence-electron chi connectivity index (χ0n) is 13.8. The monoisotopic (exact) mass is 349 g/mol. The Labute approximate surface area is 143 Å². The van der Waals surface area contributed by atoms with Crippen molar-refractivity contribution in [2.24, 2.45) is 5.92 Å². The van der Waals surface area contributed by atoms with Crippen molar-refractivity contribution in [1.82, 2.24) is 10.0 Å². The van der Waals surface area contributed by atoms with E-state index in [2.05, 4.69) is 17.0 Å². The van der Waals surface area contributed by atoms with Crippen molar-refractivity contribution in [3.05, 3.63) is 29.8 Å². The molecule has 1 aromatic rings. The quantitative estimate of drug-likeness (QED) is 0.769. The Morgan fingerprint density at radius 1 is 1.33 bits per heavy atom. The fourth-order valence-corrected chi connectivity index (χ4v) is 3.99. The Balaban J connectivity index is 2.09. The summed E-state index contributed by atoms with van der Waals surface area (Å²) in [5.74, 6) is 0.185. The average Bonchev–Trinajstić information content (AvgIpc) is 2.57. The van der Waals surface area contributed by atoms with E-state index in [-0.39, 0.29) is 29.8 Å². The standard InChI is InChI=1S/C17H23N3O3S/c1-13-6-2-3-9-16(13)20-17(21)14-7-4-8-15(12-14)24(22,23)19-11-5-10-18/h4,7-8,12-13,16,19H,2-3,5-6,9,11H2,1H3,(H,20,21)/t13-,16+/m0/s1. The molecule has 0 radical (unpaired) electrons. The molecule has 0 heterocycles. The van der Waals surface area contributed by atoms with Gasteiger partial charge in [-0.1, -0.05) is 25.8 Å². The summed E-state index contributed by atoms with van der Waals surface area (Å²) in [6.45, 7) is 2.18. The third kappa shape index (κ3) is 4.79. The van der Waals surface area contributed by atoms with E-state index in [1.54, 1.807) is 12.1 Å². The predicted molar refractivity (Wildman–Crippen MR) is 90.7 cm³/mol. The second-order valence-corrected chi connectivity index (χ2v) is 7.94. The molecule has 1 amide bonds. The summed E-state index contributed by atoms with van der Waals surface area (Å²) in [4.78, 5) is 12.5. The molecule has 1 aromatic carbocycles. The Kier molecular flexibility index (Phi) is 6.35. The third-order valence-electron chi connectivity index (χ3n) is 4.36. The van der Waals surface area contributed by atoms with Gasteiger partial charge in [0.2, 0.25) is 10.0 Å². The highest BCUT2D eigenvalue weighted by molar-refractivity contribution is 7.89. The van der Waals surface area contributed by atoms with Crippen LogP contribution in [0.5, 0.6) is 0 Å². The normalized spacial score (nSPS) is 21.0. The molecule has 1 saturated carbocycles. The number of carbonyl (C=O) groups is 1. The summed E-state index contributed by atoms with van der Waals surface area (Å²) in [7, 11) is -3.71. The van der Waals surface area contributed by atoms with Gasteiger partial charge in [0.25, 0.3) is 5.91 Å². The first kappa shape index (κ1) is 18.4. The number of hydrogen-bond donors (Lipinski definition) is 2. The minimum absolute atomic E-state index is 0.0322. The van der Waals surface area contributed by atoms with Gasteiger partial charge in [-0.25, -0.2) is 13.1 Å². The van der Waals surface area contributed by atoms with Crippen molar-refractivity contribution in [2.75, 3.05) is 6.54 Å². The molecule has 0 bridgehead atoms. The maximum absolute atomic E-state index is 12.4. The van der Waals surface area contributed by atoms with E-state index in [9.17, 15) is 13.2 Å². The molecule has 0 aliphatic heterocycles. The first-order valence-electron chi connectivity index (χ1n) is 8.21. The lowest BCUT2D eigenvalue weighted by atomic mass is 9.86. The van der Waals surface area contributed by atoms with Crippen molar-refractivity contribution in [3.63, 3.8) is 0 Å². The van der Waals surface area contributed by atoms with Crippen LogP contribution in [0.2, 0.25) is 0 Å². The van der Waals surface area contributed by atoms with Gasteiger partial charge >= 0.3 is 0 Å². The third-order valence-corrected chi connectivity index (χ3v) is 5.82. The van der Waals surface area contributed by atoms with E-state index in [4.69, 9.17) is 5.26 Å². The van der Waals surface area contributed by atoms with Gasteiger partial charge in [0, 0.05) is 24.6 Å². The van der Waals surface area contributed by atoms with E-state index in [0.29, 0.717) is 11.5 Å². The second-order valence-electron chi connectivity index (χ2n) is 6.18. The largest absolute Gasteiger partial charge is 0.349 e. The highest BCUT2D eigenvalue weighted by Crippen LogP contribution is 2.24. The lowest BCUT2D eigenvalue weighted by Crippen LogP contribution is -2.41. The van der Waals surface area contributed by atoms with Crippen molar-refractivity contribution < 1.29 is 13.2 Å². The van der Waals surface area contributed by atoms with E-state index in [1.807, 2.05) is 6.07 Å². The number of sulfonamides is 1. The zero-order chi connectivity index (χ0) is 17.6. The number of carbonyl (C=O) groups excluding carboxylic acids is 1. The van der Waals surface area contributed by atoms with Gasteiger partial charge in [-0.3, -0.25) is 4.79 Å². The lowest BCUT2D eigenvalue weighted by Gasteiger charge is -2.29. The molecule has 2 rings (SSSR count). The van der Waals surface area contributed by atoms with Gasteiger partial charge in [0.05, 0.1) is 11.0 Å². The summed E-state index contributed by atoms with van der Waals surface area (Å²) in [6, 6.07) is 7.99. The summed E-state index contributed by atoms with van der Waals surface area (Å²) in [5, 5.41) is 11.5. The first-order valence-corrected chi connectivity index (χ1v) is 9.70. The molecule has 1 fully saturated rings. The number of hydrogen-bond acceptors (Lipinski definition) is 4. The van der Waals surface area contributed by atoms with Crippen molar-refractivity contribution >= 4 is 15.9 Å².